The zero-order chi connectivity index (χ0) is 16.2. The third kappa shape index (κ3) is 3.34. The highest BCUT2D eigenvalue weighted by Gasteiger charge is 2.24. The van der Waals surface area contributed by atoms with E-state index in [9.17, 15) is 5.11 Å². The van der Waals surface area contributed by atoms with Crippen LogP contribution in [-0.4, -0.2) is 48.4 Å². The normalized spacial score (nSPS) is 18.3. The molecule has 1 atom stereocenters. The molecule has 0 aliphatic carbocycles. The van der Waals surface area contributed by atoms with Gasteiger partial charge in [0.2, 0.25) is 0 Å². The first-order valence-electron chi connectivity index (χ1n) is 7.77. The summed E-state index contributed by atoms with van der Waals surface area (Å²) in [6, 6.07) is 6.09. The quantitative estimate of drug-likeness (QED) is 0.880. The molecular formula is C17H22N2O3S. The summed E-state index contributed by atoms with van der Waals surface area (Å²) in [6.07, 6.45) is 2.21. The van der Waals surface area contributed by atoms with E-state index in [2.05, 4.69) is 10.3 Å². The SMILES string of the molecule is COc1cccc(-c2nc(CN3CCC[C@@H]3CO)cs2)c1OC. The van der Waals surface area contributed by atoms with E-state index in [0.717, 1.165) is 42.2 Å². The first-order valence-corrected chi connectivity index (χ1v) is 8.65. The van der Waals surface area contributed by atoms with Crippen LogP contribution < -0.4 is 9.47 Å². The summed E-state index contributed by atoms with van der Waals surface area (Å²) in [7, 11) is 3.28. The van der Waals surface area contributed by atoms with Crippen molar-refractivity contribution < 1.29 is 14.6 Å². The summed E-state index contributed by atoms with van der Waals surface area (Å²) in [5.41, 5.74) is 1.98. The fraction of sp³-hybridized carbons (Fsp3) is 0.471. The van der Waals surface area contributed by atoms with E-state index < -0.39 is 0 Å². The van der Waals surface area contributed by atoms with Gasteiger partial charge in [-0.05, 0) is 31.5 Å². The van der Waals surface area contributed by atoms with Crippen LogP contribution in [-0.2, 0) is 6.54 Å². The number of rotatable bonds is 6. The van der Waals surface area contributed by atoms with E-state index >= 15 is 0 Å². The van der Waals surface area contributed by atoms with Crippen molar-refractivity contribution >= 4 is 11.3 Å². The number of para-hydroxylation sites is 1. The Kier molecular flexibility index (Phi) is 5.15. The Hall–Kier alpha value is -1.63. The van der Waals surface area contributed by atoms with Crippen molar-refractivity contribution in [1.29, 1.82) is 0 Å². The highest BCUT2D eigenvalue weighted by molar-refractivity contribution is 7.13. The Bertz CT molecular complexity index is 659. The van der Waals surface area contributed by atoms with E-state index in [-0.39, 0.29) is 12.6 Å². The van der Waals surface area contributed by atoms with E-state index in [1.807, 2.05) is 18.2 Å². The first-order chi connectivity index (χ1) is 11.3. The van der Waals surface area contributed by atoms with Crippen LogP contribution in [0.1, 0.15) is 18.5 Å². The fourth-order valence-corrected chi connectivity index (χ4v) is 3.91. The second-order valence-electron chi connectivity index (χ2n) is 5.63. The number of aliphatic hydroxyl groups is 1. The molecule has 2 aromatic rings. The van der Waals surface area contributed by atoms with Crippen molar-refractivity contribution in [2.75, 3.05) is 27.4 Å². The Morgan fingerprint density at radius 3 is 2.96 bits per heavy atom. The van der Waals surface area contributed by atoms with E-state index in [1.54, 1.807) is 25.6 Å². The van der Waals surface area contributed by atoms with Crippen LogP contribution in [0, 0.1) is 0 Å². The number of ether oxygens (including phenoxy) is 2. The van der Waals surface area contributed by atoms with Crippen LogP contribution in [0.15, 0.2) is 23.6 Å². The van der Waals surface area contributed by atoms with Gasteiger partial charge < -0.3 is 14.6 Å². The molecule has 0 radical (unpaired) electrons. The molecule has 124 valence electrons. The predicted octanol–water partition coefficient (Wildman–Crippen LogP) is 2.78. The lowest BCUT2D eigenvalue weighted by atomic mass is 10.2. The number of thiazole rings is 1. The lowest BCUT2D eigenvalue weighted by molar-refractivity contribution is 0.152. The fourth-order valence-electron chi connectivity index (χ4n) is 3.08. The van der Waals surface area contributed by atoms with Crippen LogP contribution in [0.25, 0.3) is 10.6 Å². The average Bonchev–Trinajstić information content (AvgIpc) is 3.23. The largest absolute Gasteiger partial charge is 0.493 e. The number of hydrogen-bond donors (Lipinski definition) is 1. The molecule has 1 aliphatic heterocycles. The molecule has 1 aliphatic rings. The standard InChI is InChI=1S/C17H22N2O3S/c1-21-15-7-3-6-14(16(15)22-2)17-18-12(11-23-17)9-19-8-4-5-13(19)10-20/h3,6-7,11,13,20H,4-5,8-10H2,1-2H3/t13-/m1/s1. The van der Waals surface area contributed by atoms with Gasteiger partial charge in [-0.3, -0.25) is 4.90 Å². The van der Waals surface area contributed by atoms with Crippen molar-refractivity contribution in [3.63, 3.8) is 0 Å². The van der Waals surface area contributed by atoms with Gasteiger partial charge in [-0.2, -0.15) is 0 Å². The van der Waals surface area contributed by atoms with Crippen molar-refractivity contribution in [3.8, 4) is 22.1 Å². The van der Waals surface area contributed by atoms with E-state index in [1.165, 1.54) is 0 Å². The van der Waals surface area contributed by atoms with E-state index in [4.69, 9.17) is 14.5 Å². The maximum atomic E-state index is 9.43. The molecule has 3 rings (SSSR count). The number of benzene rings is 1. The second kappa shape index (κ2) is 7.29. The molecule has 5 nitrogen and oxygen atoms in total. The number of methoxy groups -OCH3 is 2. The van der Waals surface area contributed by atoms with Gasteiger partial charge in [0.15, 0.2) is 11.5 Å². The summed E-state index contributed by atoms with van der Waals surface area (Å²) in [6.45, 7) is 2.04. The molecule has 1 N–H and O–H groups in total. The van der Waals surface area contributed by atoms with Crippen LogP contribution in [0.4, 0.5) is 0 Å². The van der Waals surface area contributed by atoms with Gasteiger partial charge in [0.25, 0.3) is 0 Å². The Morgan fingerprint density at radius 1 is 1.35 bits per heavy atom. The number of aliphatic hydroxyl groups excluding tert-OH is 1. The number of aromatic nitrogens is 1. The zero-order valence-corrected chi connectivity index (χ0v) is 14.3. The van der Waals surface area contributed by atoms with Crippen LogP contribution in [0.5, 0.6) is 11.5 Å². The summed E-state index contributed by atoms with van der Waals surface area (Å²) in [5.74, 6) is 1.42. The number of nitrogens with zero attached hydrogens (tertiary/aromatic N) is 2. The van der Waals surface area contributed by atoms with Gasteiger partial charge in [0.05, 0.1) is 32.1 Å². The molecule has 1 aromatic carbocycles. The zero-order valence-electron chi connectivity index (χ0n) is 13.5. The summed E-state index contributed by atoms with van der Waals surface area (Å²) >= 11 is 1.61. The molecule has 1 aromatic heterocycles. The topological polar surface area (TPSA) is 54.8 Å². The lowest BCUT2D eigenvalue weighted by Crippen LogP contribution is -2.31. The third-order valence-corrected chi connectivity index (χ3v) is 5.18. The van der Waals surface area contributed by atoms with Gasteiger partial charge in [0.1, 0.15) is 5.01 Å². The maximum Gasteiger partial charge on any atom is 0.170 e. The highest BCUT2D eigenvalue weighted by atomic mass is 32.1. The molecule has 0 saturated carbocycles. The molecule has 1 saturated heterocycles. The van der Waals surface area contributed by atoms with Crippen LogP contribution >= 0.6 is 11.3 Å². The average molecular weight is 334 g/mol. The maximum absolute atomic E-state index is 9.43. The minimum absolute atomic E-state index is 0.223. The molecule has 6 heteroatoms. The van der Waals surface area contributed by atoms with Crippen molar-refractivity contribution in [3.05, 3.63) is 29.3 Å². The van der Waals surface area contributed by atoms with Crippen LogP contribution in [0.2, 0.25) is 0 Å². The molecule has 2 heterocycles. The smallest absolute Gasteiger partial charge is 0.170 e. The van der Waals surface area contributed by atoms with Gasteiger partial charge in [-0.15, -0.1) is 11.3 Å². The molecule has 0 bridgehead atoms. The van der Waals surface area contributed by atoms with E-state index in [0.29, 0.717) is 11.5 Å². The van der Waals surface area contributed by atoms with Gasteiger partial charge in [-0.25, -0.2) is 4.98 Å². The van der Waals surface area contributed by atoms with Gasteiger partial charge in [0, 0.05) is 18.0 Å². The van der Waals surface area contributed by atoms with Crippen molar-refractivity contribution in [2.45, 2.75) is 25.4 Å². The molecule has 0 spiro atoms. The molecule has 0 amide bonds. The summed E-state index contributed by atoms with van der Waals surface area (Å²) in [5, 5.41) is 12.4. The first kappa shape index (κ1) is 16.2. The minimum Gasteiger partial charge on any atom is -0.493 e. The van der Waals surface area contributed by atoms with Gasteiger partial charge in [-0.1, -0.05) is 6.07 Å². The molecular weight excluding hydrogens is 312 g/mol. The second-order valence-corrected chi connectivity index (χ2v) is 6.49. The Morgan fingerprint density at radius 2 is 2.22 bits per heavy atom. The monoisotopic (exact) mass is 334 g/mol. The Balaban J connectivity index is 1.82. The lowest BCUT2D eigenvalue weighted by Gasteiger charge is -2.21. The Labute approximate surface area is 140 Å². The summed E-state index contributed by atoms with van der Waals surface area (Å²) in [4.78, 5) is 7.06. The summed E-state index contributed by atoms with van der Waals surface area (Å²) < 4.78 is 10.9. The molecule has 1 fully saturated rings. The predicted molar refractivity (Wildman–Crippen MR) is 91.2 cm³/mol. The minimum atomic E-state index is 0.223. The van der Waals surface area contributed by atoms with Crippen LogP contribution in [0.3, 0.4) is 0 Å². The van der Waals surface area contributed by atoms with Crippen molar-refractivity contribution in [2.24, 2.45) is 0 Å². The molecule has 23 heavy (non-hydrogen) atoms. The van der Waals surface area contributed by atoms with Gasteiger partial charge >= 0.3 is 0 Å². The third-order valence-electron chi connectivity index (χ3n) is 4.26. The number of likely N-dealkylation sites (tertiary alicyclic amines) is 1. The van der Waals surface area contributed by atoms with Crippen molar-refractivity contribution in [1.82, 2.24) is 9.88 Å². The molecule has 0 unspecified atom stereocenters. The highest BCUT2D eigenvalue weighted by Crippen LogP contribution is 2.39. The number of hydrogen-bond acceptors (Lipinski definition) is 6.